The topological polar surface area (TPSA) is 49.8 Å². The average Bonchev–Trinajstić information content (AvgIpc) is 2.91. The summed E-state index contributed by atoms with van der Waals surface area (Å²) < 4.78 is 5.94. The molecule has 0 bridgehead atoms. The van der Waals surface area contributed by atoms with Gasteiger partial charge in [-0.1, -0.05) is 99.5 Å². The summed E-state index contributed by atoms with van der Waals surface area (Å²) >= 11 is 0. The molecule has 0 aliphatic carbocycles. The van der Waals surface area contributed by atoms with Gasteiger partial charge in [0.25, 0.3) is 0 Å². The lowest BCUT2D eigenvalue weighted by atomic mass is 9.84. The third-order valence-corrected chi connectivity index (χ3v) is 7.41. The monoisotopic (exact) mass is 511 g/mol. The maximum absolute atomic E-state index is 12.9. The first kappa shape index (κ1) is 27.5. The molecular weight excluding hydrogens is 470 g/mol. The van der Waals surface area contributed by atoms with Gasteiger partial charge in [0.15, 0.2) is 0 Å². The highest BCUT2D eigenvalue weighted by Crippen LogP contribution is 2.37. The van der Waals surface area contributed by atoms with Crippen LogP contribution in [0.2, 0.25) is 0 Å². The second kappa shape index (κ2) is 13.3. The van der Waals surface area contributed by atoms with Crippen LogP contribution in [0.5, 0.6) is 0 Å². The quantitative estimate of drug-likeness (QED) is 0.234. The molecule has 0 amide bonds. The van der Waals surface area contributed by atoms with E-state index in [1.165, 1.54) is 22.4 Å². The van der Waals surface area contributed by atoms with Crippen LogP contribution in [0.25, 0.3) is 0 Å². The van der Waals surface area contributed by atoms with Gasteiger partial charge in [0.05, 0.1) is 5.57 Å². The van der Waals surface area contributed by atoms with E-state index in [0.717, 1.165) is 51.6 Å². The minimum Gasteiger partial charge on any atom is -0.512 e. The van der Waals surface area contributed by atoms with Crippen LogP contribution in [0.15, 0.2) is 96.3 Å². The molecule has 3 aromatic rings. The maximum atomic E-state index is 12.9. The minimum absolute atomic E-state index is 0.230. The van der Waals surface area contributed by atoms with E-state index in [-0.39, 0.29) is 11.7 Å². The van der Waals surface area contributed by atoms with Crippen LogP contribution in [0.3, 0.4) is 0 Å². The first-order chi connectivity index (χ1) is 18.5. The second-order valence-electron chi connectivity index (χ2n) is 10.5. The standard InChI is InChI=1S/C34H41NO3/c1-3-21-34(22-4-2)24-32(36)31(33(37)38-34)20-12-18-27-17-11-19-30(23-27)35(25-28-13-7-5-8-14-28)26-29-15-9-6-10-16-29/h5-11,13-17,19,23,36H,3-4,12,18,20-22,24-26H2,1-2H3. The van der Waals surface area contributed by atoms with Crippen LogP contribution in [0.1, 0.15) is 75.5 Å². The Bertz CT molecular complexity index is 1160. The Morgan fingerprint density at radius 1 is 0.789 bits per heavy atom. The highest BCUT2D eigenvalue weighted by molar-refractivity contribution is 5.90. The van der Waals surface area contributed by atoms with Crippen LogP contribution in [0.4, 0.5) is 5.69 Å². The largest absolute Gasteiger partial charge is 0.512 e. The van der Waals surface area contributed by atoms with Crippen molar-refractivity contribution in [2.24, 2.45) is 0 Å². The lowest BCUT2D eigenvalue weighted by molar-refractivity contribution is -0.161. The van der Waals surface area contributed by atoms with Crippen LogP contribution in [-0.2, 0) is 29.0 Å². The molecule has 0 spiro atoms. The molecule has 38 heavy (non-hydrogen) atoms. The lowest BCUT2D eigenvalue weighted by Gasteiger charge is -2.37. The van der Waals surface area contributed by atoms with Gasteiger partial charge in [-0.3, -0.25) is 0 Å². The Labute approximate surface area is 228 Å². The van der Waals surface area contributed by atoms with Crippen molar-refractivity contribution in [1.82, 2.24) is 0 Å². The van der Waals surface area contributed by atoms with Gasteiger partial charge in [-0.25, -0.2) is 4.79 Å². The summed E-state index contributed by atoms with van der Waals surface area (Å²) in [6, 6.07) is 29.8. The van der Waals surface area contributed by atoms with E-state index in [1.807, 2.05) is 0 Å². The Hall–Kier alpha value is -3.53. The normalized spacial score (nSPS) is 14.8. The molecule has 1 heterocycles. The molecule has 4 nitrogen and oxygen atoms in total. The van der Waals surface area contributed by atoms with E-state index in [9.17, 15) is 9.90 Å². The summed E-state index contributed by atoms with van der Waals surface area (Å²) in [6.07, 6.45) is 6.02. The number of aliphatic hydroxyl groups excluding tert-OH is 1. The van der Waals surface area contributed by atoms with E-state index in [4.69, 9.17) is 4.74 Å². The number of rotatable bonds is 13. The van der Waals surface area contributed by atoms with Gasteiger partial charge in [-0.2, -0.15) is 0 Å². The number of ether oxygens (including phenoxy) is 1. The molecule has 1 N–H and O–H groups in total. The number of esters is 1. The van der Waals surface area contributed by atoms with Crippen molar-refractivity contribution in [2.75, 3.05) is 4.90 Å². The highest BCUT2D eigenvalue weighted by atomic mass is 16.6. The first-order valence-electron chi connectivity index (χ1n) is 14.1. The Morgan fingerprint density at radius 3 is 1.92 bits per heavy atom. The van der Waals surface area contributed by atoms with Crippen LogP contribution in [0, 0.1) is 0 Å². The van der Waals surface area contributed by atoms with Crippen molar-refractivity contribution >= 4 is 11.7 Å². The molecule has 1 aliphatic rings. The molecule has 0 saturated heterocycles. The molecule has 4 rings (SSSR count). The molecule has 200 valence electrons. The Kier molecular flexibility index (Phi) is 9.64. The third-order valence-electron chi connectivity index (χ3n) is 7.41. The number of benzene rings is 3. The molecule has 0 unspecified atom stereocenters. The van der Waals surface area contributed by atoms with Gasteiger partial charge < -0.3 is 14.7 Å². The summed E-state index contributed by atoms with van der Waals surface area (Å²) in [5.41, 5.74) is 4.87. The smallest absolute Gasteiger partial charge is 0.337 e. The highest BCUT2D eigenvalue weighted by Gasteiger charge is 2.40. The Morgan fingerprint density at radius 2 is 1.37 bits per heavy atom. The molecule has 0 saturated carbocycles. The van der Waals surface area contributed by atoms with Crippen LogP contribution < -0.4 is 4.90 Å². The van der Waals surface area contributed by atoms with Crippen molar-refractivity contribution in [1.29, 1.82) is 0 Å². The zero-order valence-electron chi connectivity index (χ0n) is 22.9. The zero-order valence-corrected chi connectivity index (χ0v) is 22.9. The van der Waals surface area contributed by atoms with Gasteiger partial charge in [0, 0.05) is 25.2 Å². The summed E-state index contributed by atoms with van der Waals surface area (Å²) in [6.45, 7) is 5.83. The van der Waals surface area contributed by atoms with Crippen molar-refractivity contribution < 1.29 is 14.6 Å². The van der Waals surface area contributed by atoms with Gasteiger partial charge in [-0.05, 0) is 60.9 Å². The predicted molar refractivity (Wildman–Crippen MR) is 155 cm³/mol. The van der Waals surface area contributed by atoms with Crippen molar-refractivity contribution in [3.05, 3.63) is 113 Å². The number of hydrogen-bond donors (Lipinski definition) is 1. The van der Waals surface area contributed by atoms with Crippen LogP contribution >= 0.6 is 0 Å². The van der Waals surface area contributed by atoms with Crippen molar-refractivity contribution in [3.8, 4) is 0 Å². The second-order valence-corrected chi connectivity index (χ2v) is 10.5. The summed E-state index contributed by atoms with van der Waals surface area (Å²) in [7, 11) is 0. The predicted octanol–water partition coefficient (Wildman–Crippen LogP) is 8.31. The van der Waals surface area contributed by atoms with E-state index in [1.54, 1.807) is 0 Å². The van der Waals surface area contributed by atoms with Crippen molar-refractivity contribution in [3.63, 3.8) is 0 Å². The van der Waals surface area contributed by atoms with Crippen LogP contribution in [-0.4, -0.2) is 16.7 Å². The number of aryl methyl sites for hydroxylation is 1. The van der Waals surface area contributed by atoms with E-state index in [2.05, 4.69) is 104 Å². The molecule has 0 atom stereocenters. The fourth-order valence-corrected chi connectivity index (χ4v) is 5.61. The van der Waals surface area contributed by atoms with Gasteiger partial charge in [0.2, 0.25) is 0 Å². The summed E-state index contributed by atoms with van der Waals surface area (Å²) in [4.78, 5) is 15.3. The van der Waals surface area contributed by atoms with Gasteiger partial charge >= 0.3 is 5.97 Å². The fourth-order valence-electron chi connectivity index (χ4n) is 5.61. The number of carbonyl (C=O) groups excluding carboxylic acids is 1. The first-order valence-corrected chi connectivity index (χ1v) is 14.1. The molecular formula is C34H41NO3. The van der Waals surface area contributed by atoms with E-state index >= 15 is 0 Å². The number of hydrogen-bond acceptors (Lipinski definition) is 4. The SMILES string of the molecule is CCCC1(CCC)CC(O)=C(CCCc2cccc(N(Cc3ccccc3)Cc3ccccc3)c2)C(=O)O1. The number of nitrogens with zero attached hydrogens (tertiary/aromatic N) is 1. The molecule has 1 aliphatic heterocycles. The Balaban J connectivity index is 1.44. The number of cyclic esters (lactones) is 1. The van der Waals surface area contributed by atoms with Gasteiger partial charge in [-0.15, -0.1) is 0 Å². The lowest BCUT2D eigenvalue weighted by Crippen LogP contribution is -2.40. The molecule has 3 aromatic carbocycles. The molecule has 0 aromatic heterocycles. The van der Waals surface area contributed by atoms with E-state index in [0.29, 0.717) is 18.4 Å². The average molecular weight is 512 g/mol. The summed E-state index contributed by atoms with van der Waals surface area (Å²) in [5.74, 6) is -0.102. The molecule has 0 fully saturated rings. The number of anilines is 1. The molecule has 4 heteroatoms. The van der Waals surface area contributed by atoms with Gasteiger partial charge in [0.1, 0.15) is 11.4 Å². The summed E-state index contributed by atoms with van der Waals surface area (Å²) in [5, 5.41) is 10.8. The van der Waals surface area contributed by atoms with E-state index < -0.39 is 5.60 Å². The minimum atomic E-state index is -0.538. The number of aliphatic hydroxyl groups is 1. The fraction of sp³-hybridized carbons (Fsp3) is 0.382. The molecule has 0 radical (unpaired) electrons. The maximum Gasteiger partial charge on any atom is 0.337 e. The number of carbonyl (C=O) groups is 1. The third kappa shape index (κ3) is 7.28. The van der Waals surface area contributed by atoms with Crippen molar-refractivity contribution in [2.45, 2.75) is 83.9 Å². The zero-order chi connectivity index (χ0) is 26.8.